The number of rotatable bonds is 2. The zero-order chi connectivity index (χ0) is 18.1. The van der Waals surface area contributed by atoms with Crippen molar-refractivity contribution in [3.63, 3.8) is 0 Å². The van der Waals surface area contributed by atoms with Crippen LogP contribution in [0.25, 0.3) is 22.3 Å². The SMILES string of the molecule is CC1(C)C(=O)N(CCN)c2cc3c4c([nH]c3cc21)-c1[nH]ncc1CCC4. The van der Waals surface area contributed by atoms with Crippen molar-refractivity contribution >= 4 is 22.5 Å². The number of aryl methyl sites for hydroxylation is 2. The van der Waals surface area contributed by atoms with E-state index in [1.165, 1.54) is 16.5 Å². The maximum atomic E-state index is 12.9. The number of fused-ring (bicyclic) bond motifs is 6. The highest BCUT2D eigenvalue weighted by Gasteiger charge is 2.44. The van der Waals surface area contributed by atoms with Crippen LogP contribution in [0.5, 0.6) is 0 Å². The van der Waals surface area contributed by atoms with Crippen molar-refractivity contribution in [3.05, 3.63) is 35.0 Å². The number of aromatic nitrogens is 3. The van der Waals surface area contributed by atoms with E-state index in [9.17, 15) is 4.79 Å². The van der Waals surface area contributed by atoms with Gasteiger partial charge in [0.2, 0.25) is 5.91 Å². The highest BCUT2D eigenvalue weighted by molar-refractivity contribution is 6.10. The van der Waals surface area contributed by atoms with Crippen LogP contribution >= 0.6 is 0 Å². The third-order valence-corrected chi connectivity index (χ3v) is 5.96. The van der Waals surface area contributed by atoms with E-state index in [-0.39, 0.29) is 5.91 Å². The van der Waals surface area contributed by atoms with Gasteiger partial charge < -0.3 is 15.6 Å². The Hall–Kier alpha value is -2.60. The molecule has 1 aromatic carbocycles. The second kappa shape index (κ2) is 5.20. The molecule has 0 saturated heterocycles. The van der Waals surface area contributed by atoms with Crippen molar-refractivity contribution in [1.29, 1.82) is 0 Å². The van der Waals surface area contributed by atoms with Crippen molar-refractivity contribution in [3.8, 4) is 11.4 Å². The molecule has 0 spiro atoms. The Morgan fingerprint density at radius 1 is 1.27 bits per heavy atom. The van der Waals surface area contributed by atoms with Gasteiger partial charge in [0, 0.05) is 29.7 Å². The Labute approximate surface area is 151 Å². The van der Waals surface area contributed by atoms with Gasteiger partial charge in [-0.15, -0.1) is 0 Å². The van der Waals surface area contributed by atoms with E-state index >= 15 is 0 Å². The molecule has 0 atom stereocenters. The fourth-order valence-electron chi connectivity index (χ4n) is 4.57. The molecule has 26 heavy (non-hydrogen) atoms. The summed E-state index contributed by atoms with van der Waals surface area (Å²) in [5.74, 6) is 0.132. The van der Waals surface area contributed by atoms with Gasteiger partial charge in [-0.2, -0.15) is 5.10 Å². The van der Waals surface area contributed by atoms with Crippen LogP contribution in [0.1, 0.15) is 37.0 Å². The summed E-state index contributed by atoms with van der Waals surface area (Å²) in [5, 5.41) is 8.60. The number of aromatic amines is 2. The molecule has 0 fully saturated rings. The summed E-state index contributed by atoms with van der Waals surface area (Å²) in [6.07, 6.45) is 5.08. The standard InChI is InChI=1S/C20H23N5O/c1-20(2)14-9-15-13(8-16(14)25(7-6-21)19(20)26)12-5-3-4-11-10-22-24-17(11)18(12)23-15/h8-10,23H,3-7,21H2,1-2H3,(H,22,24). The van der Waals surface area contributed by atoms with E-state index in [2.05, 4.69) is 27.3 Å². The smallest absolute Gasteiger partial charge is 0.237 e. The van der Waals surface area contributed by atoms with Crippen LogP contribution in [0.2, 0.25) is 0 Å². The predicted molar refractivity (Wildman–Crippen MR) is 102 cm³/mol. The Balaban J connectivity index is 1.77. The van der Waals surface area contributed by atoms with Crippen molar-refractivity contribution in [2.24, 2.45) is 5.73 Å². The molecule has 4 N–H and O–H groups in total. The zero-order valence-electron chi connectivity index (χ0n) is 15.1. The number of benzene rings is 1. The molecule has 2 aliphatic rings. The summed E-state index contributed by atoms with van der Waals surface area (Å²) >= 11 is 0. The van der Waals surface area contributed by atoms with E-state index in [1.807, 2.05) is 24.9 Å². The molecule has 1 aliphatic carbocycles. The van der Waals surface area contributed by atoms with Gasteiger partial charge in [-0.3, -0.25) is 9.89 Å². The average Bonchev–Trinajstić information content (AvgIpc) is 3.23. The summed E-state index contributed by atoms with van der Waals surface area (Å²) in [6, 6.07) is 4.34. The van der Waals surface area contributed by atoms with Gasteiger partial charge >= 0.3 is 0 Å². The molecule has 6 heteroatoms. The molecule has 1 amide bonds. The molecular formula is C20H23N5O. The number of nitrogens with two attached hydrogens (primary N) is 1. The molecule has 5 rings (SSSR count). The van der Waals surface area contributed by atoms with Crippen LogP contribution in [0.4, 0.5) is 5.69 Å². The molecule has 3 heterocycles. The van der Waals surface area contributed by atoms with Crippen molar-refractivity contribution in [1.82, 2.24) is 15.2 Å². The summed E-state index contributed by atoms with van der Waals surface area (Å²) in [4.78, 5) is 18.3. The van der Waals surface area contributed by atoms with E-state index in [0.717, 1.165) is 47.4 Å². The molecule has 0 radical (unpaired) electrons. The van der Waals surface area contributed by atoms with E-state index in [4.69, 9.17) is 5.73 Å². The number of carbonyl (C=O) groups excluding carboxylic acids is 1. The summed E-state index contributed by atoms with van der Waals surface area (Å²) < 4.78 is 0. The number of carbonyl (C=O) groups is 1. The van der Waals surface area contributed by atoms with E-state index in [0.29, 0.717) is 13.1 Å². The molecule has 3 aromatic rings. The van der Waals surface area contributed by atoms with Crippen molar-refractivity contribution in [2.45, 2.75) is 38.5 Å². The second-order valence-electron chi connectivity index (χ2n) is 7.89. The number of anilines is 1. The quantitative estimate of drug-likeness (QED) is 0.664. The lowest BCUT2D eigenvalue weighted by Crippen LogP contribution is -2.38. The van der Waals surface area contributed by atoms with Gasteiger partial charge in [-0.25, -0.2) is 0 Å². The number of H-pyrrole nitrogens is 2. The normalized spacial score (nSPS) is 18.0. The molecule has 134 valence electrons. The fraction of sp³-hybridized carbons (Fsp3) is 0.400. The van der Waals surface area contributed by atoms with Crippen LogP contribution in [0.3, 0.4) is 0 Å². The maximum Gasteiger partial charge on any atom is 0.237 e. The second-order valence-corrected chi connectivity index (χ2v) is 7.89. The van der Waals surface area contributed by atoms with Gasteiger partial charge in [-0.1, -0.05) is 0 Å². The Kier molecular flexibility index (Phi) is 3.13. The van der Waals surface area contributed by atoms with E-state index < -0.39 is 5.41 Å². The lowest BCUT2D eigenvalue weighted by atomic mass is 9.85. The van der Waals surface area contributed by atoms with Crippen LogP contribution in [0, 0.1) is 0 Å². The molecule has 1 aliphatic heterocycles. The topological polar surface area (TPSA) is 90.8 Å². The largest absolute Gasteiger partial charge is 0.353 e. The number of amides is 1. The van der Waals surface area contributed by atoms with Crippen LogP contribution < -0.4 is 10.6 Å². The number of hydrogen-bond donors (Lipinski definition) is 3. The van der Waals surface area contributed by atoms with Crippen molar-refractivity contribution < 1.29 is 4.79 Å². The number of nitrogens with zero attached hydrogens (tertiary/aromatic N) is 2. The molecule has 0 saturated carbocycles. The van der Waals surface area contributed by atoms with Gasteiger partial charge in [0.25, 0.3) is 0 Å². The van der Waals surface area contributed by atoms with Gasteiger partial charge in [0.1, 0.15) is 0 Å². The highest BCUT2D eigenvalue weighted by atomic mass is 16.2. The number of nitrogens with one attached hydrogen (secondary N) is 2. The minimum absolute atomic E-state index is 0.132. The lowest BCUT2D eigenvalue weighted by Gasteiger charge is -2.19. The predicted octanol–water partition coefficient (Wildman–Crippen LogP) is 2.63. The minimum Gasteiger partial charge on any atom is -0.353 e. The number of hydrogen-bond acceptors (Lipinski definition) is 3. The van der Waals surface area contributed by atoms with Crippen molar-refractivity contribution in [2.75, 3.05) is 18.0 Å². The molecule has 6 nitrogen and oxygen atoms in total. The first-order valence-corrected chi connectivity index (χ1v) is 9.26. The van der Waals surface area contributed by atoms with Gasteiger partial charge in [0.15, 0.2) is 0 Å². The van der Waals surface area contributed by atoms with Crippen LogP contribution in [0.15, 0.2) is 18.3 Å². The van der Waals surface area contributed by atoms with E-state index in [1.54, 1.807) is 0 Å². The van der Waals surface area contributed by atoms with Gasteiger partial charge in [0.05, 0.1) is 23.0 Å². The molecule has 2 aromatic heterocycles. The third kappa shape index (κ3) is 1.90. The van der Waals surface area contributed by atoms with Gasteiger partial charge in [-0.05, 0) is 61.9 Å². The van der Waals surface area contributed by atoms with Crippen LogP contribution in [-0.4, -0.2) is 34.2 Å². The maximum absolute atomic E-state index is 12.9. The fourth-order valence-corrected chi connectivity index (χ4v) is 4.57. The average molecular weight is 349 g/mol. The first-order chi connectivity index (χ1) is 12.5. The first-order valence-electron chi connectivity index (χ1n) is 9.26. The summed E-state index contributed by atoms with van der Waals surface area (Å²) in [6.45, 7) is 5.01. The zero-order valence-corrected chi connectivity index (χ0v) is 15.1. The summed E-state index contributed by atoms with van der Waals surface area (Å²) in [7, 11) is 0. The van der Waals surface area contributed by atoms with Crippen LogP contribution in [-0.2, 0) is 23.1 Å². The Morgan fingerprint density at radius 2 is 2.12 bits per heavy atom. The Morgan fingerprint density at radius 3 is 2.92 bits per heavy atom. The monoisotopic (exact) mass is 349 g/mol. The molecular weight excluding hydrogens is 326 g/mol. The molecule has 0 unspecified atom stereocenters. The first kappa shape index (κ1) is 15.6. The Bertz CT molecular complexity index is 1040. The minimum atomic E-state index is -0.527. The highest BCUT2D eigenvalue weighted by Crippen LogP contribution is 2.45. The lowest BCUT2D eigenvalue weighted by molar-refractivity contribution is -0.122. The molecule has 0 bridgehead atoms. The summed E-state index contributed by atoms with van der Waals surface area (Å²) in [5.41, 5.74) is 13.2. The third-order valence-electron chi connectivity index (χ3n) is 5.96.